The summed E-state index contributed by atoms with van der Waals surface area (Å²) in [5.74, 6) is 0.421. The predicted molar refractivity (Wildman–Crippen MR) is 81.7 cm³/mol. The van der Waals surface area contributed by atoms with Gasteiger partial charge in [-0.25, -0.2) is 0 Å². The minimum Gasteiger partial charge on any atom is -0.329 e. The fourth-order valence-electron chi connectivity index (χ4n) is 4.62. The van der Waals surface area contributed by atoms with Crippen LogP contribution in [0.2, 0.25) is 0 Å². The number of hydrogen-bond acceptors (Lipinski definition) is 2. The number of carbonyl (C=O) groups is 2. The lowest BCUT2D eigenvalue weighted by atomic mass is 9.74. The molecule has 1 aliphatic carbocycles. The molecule has 118 valence electrons. The molecule has 0 aromatic rings. The van der Waals surface area contributed by atoms with Gasteiger partial charge >= 0.3 is 0 Å². The van der Waals surface area contributed by atoms with E-state index in [2.05, 4.69) is 13.8 Å². The third-order valence-corrected chi connectivity index (χ3v) is 5.66. The number of carbonyl (C=O) groups excluding carboxylic acids is 2. The Kier molecular flexibility index (Phi) is 3.74. The zero-order valence-corrected chi connectivity index (χ0v) is 13.6. The molecule has 2 aliphatic heterocycles. The maximum Gasteiger partial charge on any atom is 0.246 e. The zero-order valence-electron chi connectivity index (χ0n) is 13.6. The van der Waals surface area contributed by atoms with Gasteiger partial charge in [-0.2, -0.15) is 0 Å². The second-order valence-electron chi connectivity index (χ2n) is 7.77. The van der Waals surface area contributed by atoms with Crippen LogP contribution >= 0.6 is 0 Å². The number of fused-ring (bicyclic) bond motifs is 1. The Morgan fingerprint density at radius 3 is 2.57 bits per heavy atom. The summed E-state index contributed by atoms with van der Waals surface area (Å²) in [7, 11) is 0. The monoisotopic (exact) mass is 292 g/mol. The van der Waals surface area contributed by atoms with Crippen LogP contribution in [0.4, 0.5) is 0 Å². The summed E-state index contributed by atoms with van der Waals surface area (Å²) in [5.41, 5.74) is 0.289. The largest absolute Gasteiger partial charge is 0.329 e. The molecule has 0 aromatic heterocycles. The molecule has 2 amide bonds. The molecule has 2 heterocycles. The molecule has 0 bridgehead atoms. The van der Waals surface area contributed by atoms with E-state index in [1.54, 1.807) is 0 Å². The summed E-state index contributed by atoms with van der Waals surface area (Å²) < 4.78 is 0. The number of amides is 2. The first-order chi connectivity index (χ1) is 9.94. The molecule has 0 spiro atoms. The van der Waals surface area contributed by atoms with E-state index in [4.69, 9.17) is 0 Å². The van der Waals surface area contributed by atoms with Crippen LogP contribution in [0.5, 0.6) is 0 Å². The van der Waals surface area contributed by atoms with Crippen molar-refractivity contribution >= 4 is 11.8 Å². The maximum atomic E-state index is 13.0. The highest BCUT2D eigenvalue weighted by molar-refractivity contribution is 5.97. The number of nitrogens with zero attached hydrogens (tertiary/aromatic N) is 2. The molecule has 3 fully saturated rings. The predicted octanol–water partition coefficient (Wildman–Crippen LogP) is 2.57. The van der Waals surface area contributed by atoms with Crippen molar-refractivity contribution in [1.29, 1.82) is 0 Å². The van der Waals surface area contributed by atoms with Gasteiger partial charge in [-0.1, -0.05) is 27.2 Å². The van der Waals surface area contributed by atoms with Gasteiger partial charge in [-0.3, -0.25) is 9.59 Å². The summed E-state index contributed by atoms with van der Waals surface area (Å²) in [6.45, 7) is 7.39. The molecule has 1 saturated carbocycles. The van der Waals surface area contributed by atoms with Crippen molar-refractivity contribution in [2.24, 2.45) is 5.41 Å². The van der Waals surface area contributed by atoms with Crippen molar-refractivity contribution in [3.63, 3.8) is 0 Å². The first kappa shape index (κ1) is 14.9. The molecule has 3 aliphatic rings. The van der Waals surface area contributed by atoms with Gasteiger partial charge in [0.05, 0.1) is 0 Å². The first-order valence-electron chi connectivity index (χ1n) is 8.57. The van der Waals surface area contributed by atoms with Gasteiger partial charge in [0.15, 0.2) is 0 Å². The molecule has 4 nitrogen and oxygen atoms in total. The molecule has 0 radical (unpaired) electrons. The highest BCUT2D eigenvalue weighted by Gasteiger charge is 2.50. The molecular formula is C17H28N2O2. The Hall–Kier alpha value is -1.06. The van der Waals surface area contributed by atoms with E-state index in [9.17, 15) is 9.59 Å². The average molecular weight is 292 g/mol. The molecule has 3 rings (SSSR count). The van der Waals surface area contributed by atoms with E-state index in [-0.39, 0.29) is 35.4 Å². The van der Waals surface area contributed by atoms with Gasteiger partial charge in [0.25, 0.3) is 0 Å². The van der Waals surface area contributed by atoms with E-state index >= 15 is 0 Å². The van der Waals surface area contributed by atoms with Crippen molar-refractivity contribution in [2.45, 2.75) is 83.8 Å². The highest BCUT2D eigenvalue weighted by Crippen LogP contribution is 2.40. The third kappa shape index (κ3) is 2.47. The van der Waals surface area contributed by atoms with Crippen LogP contribution in [-0.2, 0) is 9.59 Å². The molecule has 3 atom stereocenters. The van der Waals surface area contributed by atoms with E-state index in [1.807, 2.05) is 16.7 Å². The third-order valence-electron chi connectivity index (χ3n) is 5.66. The van der Waals surface area contributed by atoms with Crippen LogP contribution in [0.25, 0.3) is 0 Å². The van der Waals surface area contributed by atoms with E-state index in [0.717, 1.165) is 38.6 Å². The lowest BCUT2D eigenvalue weighted by Gasteiger charge is -2.49. The van der Waals surface area contributed by atoms with Crippen LogP contribution in [0.15, 0.2) is 0 Å². The zero-order chi connectivity index (χ0) is 15.2. The normalized spacial score (nSPS) is 36.0. The standard InChI is InChI=1S/C17H28N2O2/c1-4-13-15(20)18-10-6-8-14(18)16(21)19(13)12-7-5-9-17(2,3)11-12/h12-14H,4-11H2,1-3H3. The summed E-state index contributed by atoms with van der Waals surface area (Å²) >= 11 is 0. The average Bonchev–Trinajstić information content (AvgIpc) is 2.91. The number of rotatable bonds is 2. The number of hydrogen-bond donors (Lipinski definition) is 0. The van der Waals surface area contributed by atoms with Crippen molar-refractivity contribution in [1.82, 2.24) is 9.80 Å². The van der Waals surface area contributed by atoms with E-state index in [1.165, 1.54) is 12.8 Å². The minimum absolute atomic E-state index is 0.162. The first-order valence-corrected chi connectivity index (χ1v) is 8.57. The second kappa shape index (κ2) is 5.29. The summed E-state index contributed by atoms with van der Waals surface area (Å²) in [6, 6.07) is -0.117. The maximum absolute atomic E-state index is 13.0. The van der Waals surface area contributed by atoms with Crippen molar-refractivity contribution < 1.29 is 9.59 Å². The van der Waals surface area contributed by atoms with Crippen LogP contribution < -0.4 is 0 Å². The van der Waals surface area contributed by atoms with Crippen molar-refractivity contribution in [3.05, 3.63) is 0 Å². The Morgan fingerprint density at radius 2 is 1.90 bits per heavy atom. The second-order valence-corrected chi connectivity index (χ2v) is 7.77. The lowest BCUT2D eigenvalue weighted by molar-refractivity contribution is -0.164. The highest BCUT2D eigenvalue weighted by atomic mass is 16.2. The van der Waals surface area contributed by atoms with Gasteiger partial charge in [0.2, 0.25) is 11.8 Å². The fraction of sp³-hybridized carbons (Fsp3) is 0.882. The number of piperazine rings is 1. The molecule has 4 heteroatoms. The Balaban J connectivity index is 1.87. The molecule has 21 heavy (non-hydrogen) atoms. The van der Waals surface area contributed by atoms with Gasteiger partial charge in [-0.05, 0) is 43.9 Å². The van der Waals surface area contributed by atoms with Gasteiger partial charge in [0, 0.05) is 12.6 Å². The smallest absolute Gasteiger partial charge is 0.246 e. The molecule has 3 unspecified atom stereocenters. The quantitative estimate of drug-likeness (QED) is 0.785. The van der Waals surface area contributed by atoms with Crippen LogP contribution in [0.3, 0.4) is 0 Å². The van der Waals surface area contributed by atoms with Gasteiger partial charge in [-0.15, -0.1) is 0 Å². The molecule has 0 aromatic carbocycles. The summed E-state index contributed by atoms with van der Waals surface area (Å²) in [6.07, 6.45) is 7.06. The SMILES string of the molecule is CCC1C(=O)N2CCCC2C(=O)N1C1CCCC(C)(C)C1. The topological polar surface area (TPSA) is 40.6 Å². The Morgan fingerprint density at radius 1 is 1.14 bits per heavy atom. The summed E-state index contributed by atoms with van der Waals surface area (Å²) in [5, 5.41) is 0. The van der Waals surface area contributed by atoms with Crippen LogP contribution in [0.1, 0.15) is 65.7 Å². The fourth-order valence-corrected chi connectivity index (χ4v) is 4.62. The molecular weight excluding hydrogens is 264 g/mol. The molecule has 0 N–H and O–H groups in total. The summed E-state index contributed by atoms with van der Waals surface area (Å²) in [4.78, 5) is 29.5. The van der Waals surface area contributed by atoms with Crippen LogP contribution in [-0.4, -0.2) is 46.3 Å². The molecule has 2 saturated heterocycles. The lowest BCUT2D eigenvalue weighted by Crippen LogP contribution is -2.65. The van der Waals surface area contributed by atoms with Crippen LogP contribution in [0, 0.1) is 5.41 Å². The van der Waals surface area contributed by atoms with E-state index < -0.39 is 0 Å². The van der Waals surface area contributed by atoms with Crippen molar-refractivity contribution in [2.75, 3.05) is 6.54 Å². The van der Waals surface area contributed by atoms with Crippen molar-refractivity contribution in [3.8, 4) is 0 Å². The van der Waals surface area contributed by atoms with E-state index in [0.29, 0.717) is 0 Å². The Bertz CT molecular complexity index is 446. The van der Waals surface area contributed by atoms with Gasteiger partial charge < -0.3 is 9.80 Å². The van der Waals surface area contributed by atoms with Gasteiger partial charge in [0.1, 0.15) is 12.1 Å². The minimum atomic E-state index is -0.217. The Labute approximate surface area is 127 Å².